The summed E-state index contributed by atoms with van der Waals surface area (Å²) < 4.78 is 0. The number of aliphatic imine (C=N–C) groups is 1. The molecule has 128 valence electrons. The second-order valence-corrected chi connectivity index (χ2v) is 7.37. The van der Waals surface area contributed by atoms with E-state index in [9.17, 15) is 0 Å². The van der Waals surface area contributed by atoms with Crippen LogP contribution in [0.25, 0.3) is 10.9 Å². The van der Waals surface area contributed by atoms with E-state index in [2.05, 4.69) is 53.0 Å². The smallest absolute Gasteiger partial charge is 0.191 e. The molecule has 0 radical (unpaired) electrons. The predicted molar refractivity (Wildman–Crippen MR) is 100 cm³/mol. The van der Waals surface area contributed by atoms with Gasteiger partial charge >= 0.3 is 0 Å². The van der Waals surface area contributed by atoms with Crippen LogP contribution in [-0.4, -0.2) is 30.6 Å². The van der Waals surface area contributed by atoms with Gasteiger partial charge in [0.1, 0.15) is 0 Å². The first kappa shape index (κ1) is 15.6. The maximum atomic E-state index is 4.88. The molecule has 4 heteroatoms. The molecule has 0 saturated heterocycles. The number of nitrogens with one attached hydrogen (secondary N) is 3. The first-order valence-electron chi connectivity index (χ1n) is 9.38. The minimum atomic E-state index is 0.569. The molecule has 2 fully saturated rings. The molecular formula is C20H28N4. The Hall–Kier alpha value is -1.97. The monoisotopic (exact) mass is 324 g/mol. The third-order valence-corrected chi connectivity index (χ3v) is 5.59. The lowest BCUT2D eigenvalue weighted by atomic mass is 10.0. The van der Waals surface area contributed by atoms with Gasteiger partial charge in [-0.1, -0.05) is 18.2 Å². The SMILES string of the molecule is CCNC(=NCC1(C2CC2)CC1)NCCc1c[nH]c2ccccc12. The zero-order valence-electron chi connectivity index (χ0n) is 14.6. The molecule has 0 bridgehead atoms. The van der Waals surface area contributed by atoms with Crippen LogP contribution in [0.2, 0.25) is 0 Å². The topological polar surface area (TPSA) is 52.2 Å². The summed E-state index contributed by atoms with van der Waals surface area (Å²) in [4.78, 5) is 8.23. The van der Waals surface area contributed by atoms with Crippen molar-refractivity contribution in [3.63, 3.8) is 0 Å². The second-order valence-electron chi connectivity index (χ2n) is 7.37. The maximum Gasteiger partial charge on any atom is 0.191 e. The summed E-state index contributed by atoms with van der Waals surface area (Å²) in [5.41, 5.74) is 3.15. The zero-order chi connectivity index (χ0) is 16.4. The number of hydrogen-bond acceptors (Lipinski definition) is 1. The Balaban J connectivity index is 1.33. The summed E-state index contributed by atoms with van der Waals surface area (Å²) in [6.07, 6.45) is 8.76. The van der Waals surface area contributed by atoms with E-state index >= 15 is 0 Å². The van der Waals surface area contributed by atoms with Crippen molar-refractivity contribution < 1.29 is 0 Å². The predicted octanol–water partition coefficient (Wildman–Crippen LogP) is 3.46. The fourth-order valence-corrected chi connectivity index (χ4v) is 3.78. The van der Waals surface area contributed by atoms with Crippen LogP contribution in [0.3, 0.4) is 0 Å². The van der Waals surface area contributed by atoms with Crippen LogP contribution in [0.5, 0.6) is 0 Å². The van der Waals surface area contributed by atoms with Crippen LogP contribution in [-0.2, 0) is 6.42 Å². The van der Waals surface area contributed by atoms with Gasteiger partial charge in [-0.3, -0.25) is 4.99 Å². The molecule has 2 aromatic rings. The average Bonchev–Trinajstić information content (AvgIpc) is 3.50. The molecule has 1 aromatic carbocycles. The molecule has 0 amide bonds. The first-order valence-corrected chi connectivity index (χ1v) is 9.38. The van der Waals surface area contributed by atoms with Crippen molar-refractivity contribution in [3.8, 4) is 0 Å². The van der Waals surface area contributed by atoms with E-state index in [0.717, 1.165) is 37.9 Å². The first-order chi connectivity index (χ1) is 11.8. The van der Waals surface area contributed by atoms with Crippen molar-refractivity contribution in [1.82, 2.24) is 15.6 Å². The number of rotatable bonds is 7. The number of fused-ring (bicyclic) bond motifs is 1. The number of guanidine groups is 1. The van der Waals surface area contributed by atoms with E-state index in [-0.39, 0.29) is 0 Å². The zero-order valence-corrected chi connectivity index (χ0v) is 14.6. The van der Waals surface area contributed by atoms with Crippen LogP contribution < -0.4 is 10.6 Å². The molecule has 2 saturated carbocycles. The fraction of sp³-hybridized carbons (Fsp3) is 0.550. The van der Waals surface area contributed by atoms with Gasteiger partial charge in [0.05, 0.1) is 0 Å². The highest BCUT2D eigenvalue weighted by Crippen LogP contribution is 2.61. The van der Waals surface area contributed by atoms with Crippen LogP contribution >= 0.6 is 0 Å². The quantitative estimate of drug-likeness (QED) is 0.540. The Morgan fingerprint density at radius 2 is 2.08 bits per heavy atom. The molecular weight excluding hydrogens is 296 g/mol. The normalized spacial score (nSPS) is 19.5. The molecule has 0 atom stereocenters. The lowest BCUT2D eigenvalue weighted by Crippen LogP contribution is -2.38. The molecule has 2 aliphatic carbocycles. The molecule has 0 spiro atoms. The Morgan fingerprint density at radius 1 is 1.25 bits per heavy atom. The second kappa shape index (κ2) is 6.50. The van der Waals surface area contributed by atoms with Gasteiger partial charge in [-0.05, 0) is 62.0 Å². The number of benzene rings is 1. The standard InChI is InChI=1S/C20H28N4/c1-2-21-19(24-14-20(10-11-20)16-7-8-16)22-12-9-15-13-23-18-6-4-3-5-17(15)18/h3-6,13,16,23H,2,7-12,14H2,1H3,(H2,21,22,24). The van der Waals surface area contributed by atoms with E-state index in [4.69, 9.17) is 4.99 Å². The van der Waals surface area contributed by atoms with Crippen molar-refractivity contribution >= 4 is 16.9 Å². The van der Waals surface area contributed by atoms with Gasteiger partial charge in [0.2, 0.25) is 0 Å². The number of nitrogens with zero attached hydrogens (tertiary/aromatic N) is 1. The summed E-state index contributed by atoms with van der Waals surface area (Å²) in [5.74, 6) is 1.94. The van der Waals surface area contributed by atoms with Crippen molar-refractivity contribution in [2.75, 3.05) is 19.6 Å². The minimum Gasteiger partial charge on any atom is -0.361 e. The van der Waals surface area contributed by atoms with Gasteiger partial charge in [0.25, 0.3) is 0 Å². The number of aromatic amines is 1. The summed E-state index contributed by atoms with van der Waals surface area (Å²) in [7, 11) is 0. The van der Waals surface area contributed by atoms with Crippen LogP contribution in [0.15, 0.2) is 35.5 Å². The third-order valence-electron chi connectivity index (χ3n) is 5.59. The molecule has 2 aliphatic rings. The van der Waals surface area contributed by atoms with Gasteiger partial charge in [-0.2, -0.15) is 0 Å². The number of para-hydroxylation sites is 1. The fourth-order valence-electron chi connectivity index (χ4n) is 3.78. The maximum absolute atomic E-state index is 4.88. The molecule has 1 aromatic heterocycles. The molecule has 4 nitrogen and oxygen atoms in total. The Bertz CT molecular complexity index is 722. The van der Waals surface area contributed by atoms with Crippen LogP contribution in [0.4, 0.5) is 0 Å². The average molecular weight is 324 g/mol. The highest BCUT2D eigenvalue weighted by Gasteiger charge is 2.53. The van der Waals surface area contributed by atoms with E-state index in [1.807, 2.05) is 0 Å². The molecule has 0 unspecified atom stereocenters. The molecule has 4 rings (SSSR count). The van der Waals surface area contributed by atoms with E-state index in [1.54, 1.807) is 0 Å². The van der Waals surface area contributed by atoms with Gasteiger partial charge in [0, 0.05) is 36.7 Å². The lowest BCUT2D eigenvalue weighted by Gasteiger charge is -2.14. The molecule has 1 heterocycles. The highest BCUT2D eigenvalue weighted by atomic mass is 15.2. The van der Waals surface area contributed by atoms with Crippen molar-refractivity contribution in [2.24, 2.45) is 16.3 Å². The number of aromatic nitrogens is 1. The van der Waals surface area contributed by atoms with Gasteiger partial charge in [-0.15, -0.1) is 0 Å². The van der Waals surface area contributed by atoms with Crippen LogP contribution in [0.1, 0.15) is 38.2 Å². The van der Waals surface area contributed by atoms with Crippen molar-refractivity contribution in [1.29, 1.82) is 0 Å². The summed E-state index contributed by atoms with van der Waals surface area (Å²) in [6, 6.07) is 8.49. The minimum absolute atomic E-state index is 0.569. The molecule has 0 aliphatic heterocycles. The number of H-pyrrole nitrogens is 1. The van der Waals surface area contributed by atoms with Crippen molar-refractivity contribution in [2.45, 2.75) is 39.0 Å². The largest absolute Gasteiger partial charge is 0.361 e. The molecule has 3 N–H and O–H groups in total. The summed E-state index contributed by atoms with van der Waals surface area (Å²) in [5, 5.41) is 8.22. The van der Waals surface area contributed by atoms with E-state index in [1.165, 1.54) is 42.1 Å². The van der Waals surface area contributed by atoms with Gasteiger partial charge in [0.15, 0.2) is 5.96 Å². The van der Waals surface area contributed by atoms with Crippen LogP contribution in [0, 0.1) is 11.3 Å². The van der Waals surface area contributed by atoms with E-state index < -0.39 is 0 Å². The Morgan fingerprint density at radius 3 is 2.83 bits per heavy atom. The van der Waals surface area contributed by atoms with Gasteiger partial charge < -0.3 is 15.6 Å². The Labute approximate surface area is 144 Å². The van der Waals surface area contributed by atoms with Crippen molar-refractivity contribution in [3.05, 3.63) is 36.0 Å². The summed E-state index contributed by atoms with van der Waals surface area (Å²) >= 11 is 0. The summed E-state index contributed by atoms with van der Waals surface area (Å²) in [6.45, 7) is 4.95. The number of hydrogen-bond donors (Lipinski definition) is 3. The highest BCUT2D eigenvalue weighted by molar-refractivity contribution is 5.83. The molecule has 24 heavy (non-hydrogen) atoms. The van der Waals surface area contributed by atoms with Gasteiger partial charge in [-0.25, -0.2) is 0 Å². The van der Waals surface area contributed by atoms with E-state index in [0.29, 0.717) is 5.41 Å². The lowest BCUT2D eigenvalue weighted by molar-refractivity contribution is 0.452. The Kier molecular flexibility index (Phi) is 4.21. The third kappa shape index (κ3) is 3.28.